The van der Waals surface area contributed by atoms with Crippen molar-refractivity contribution in [2.45, 2.75) is 0 Å². The molecule has 0 bridgehead atoms. The molecule has 0 amide bonds. The minimum atomic E-state index is 0.832. The molecule has 0 spiro atoms. The van der Waals surface area contributed by atoms with Crippen molar-refractivity contribution in [3.8, 4) is 0 Å². The van der Waals surface area contributed by atoms with Crippen LogP contribution in [0.3, 0.4) is 0 Å². The van der Waals surface area contributed by atoms with E-state index in [2.05, 4.69) is 15.6 Å². The molecule has 0 aliphatic carbocycles. The SMILES string of the molecule is CN1CCOC1=[Se]. The van der Waals surface area contributed by atoms with Crippen molar-refractivity contribution in [2.75, 3.05) is 20.2 Å². The van der Waals surface area contributed by atoms with Gasteiger partial charge in [-0.3, -0.25) is 0 Å². The fraction of sp³-hybridized carbons (Fsp3) is 0.750. The Labute approximate surface area is 50.8 Å². The van der Waals surface area contributed by atoms with Gasteiger partial charge in [0, 0.05) is 0 Å². The molecule has 0 aromatic carbocycles. The van der Waals surface area contributed by atoms with Crippen molar-refractivity contribution < 1.29 is 4.74 Å². The Kier molecular flexibility index (Phi) is 1.35. The molecule has 1 fully saturated rings. The van der Waals surface area contributed by atoms with Gasteiger partial charge in [0.15, 0.2) is 0 Å². The van der Waals surface area contributed by atoms with Crippen LogP contribution in [-0.4, -0.2) is 45.4 Å². The van der Waals surface area contributed by atoms with Crippen molar-refractivity contribution in [3.05, 3.63) is 0 Å². The standard InChI is InChI=1S/C4H7NOSe/c1-5-2-3-6-4(5)7/h2-3H2,1H3. The molecule has 0 unspecified atom stereocenters. The molecule has 0 aromatic rings. The second-order valence-corrected chi connectivity index (χ2v) is 2.27. The first-order valence-corrected chi connectivity index (χ1v) is 3.04. The number of nitrogens with zero attached hydrogens (tertiary/aromatic N) is 1. The van der Waals surface area contributed by atoms with Gasteiger partial charge in [0.2, 0.25) is 0 Å². The van der Waals surface area contributed by atoms with E-state index >= 15 is 0 Å². The van der Waals surface area contributed by atoms with Gasteiger partial charge in [-0.05, 0) is 0 Å². The van der Waals surface area contributed by atoms with Gasteiger partial charge in [0.05, 0.1) is 0 Å². The van der Waals surface area contributed by atoms with Crippen molar-refractivity contribution in [3.63, 3.8) is 0 Å². The predicted octanol–water partition coefficient (Wildman–Crippen LogP) is -0.796. The molecule has 0 radical (unpaired) electrons. The zero-order valence-corrected chi connectivity index (χ0v) is 5.89. The zero-order valence-electron chi connectivity index (χ0n) is 4.18. The van der Waals surface area contributed by atoms with Crippen molar-refractivity contribution in [1.82, 2.24) is 4.90 Å². The molecule has 7 heavy (non-hydrogen) atoms. The molecule has 1 heterocycles. The third-order valence-corrected chi connectivity index (χ3v) is 1.87. The Hall–Kier alpha value is -0.0105. The van der Waals surface area contributed by atoms with Crippen LogP contribution in [0.15, 0.2) is 0 Å². The van der Waals surface area contributed by atoms with E-state index in [0.717, 1.165) is 17.9 Å². The Bertz CT molecular complexity index is 93.7. The topological polar surface area (TPSA) is 12.5 Å². The summed E-state index contributed by atoms with van der Waals surface area (Å²) < 4.78 is 5.97. The summed E-state index contributed by atoms with van der Waals surface area (Å²) in [6.45, 7) is 1.85. The van der Waals surface area contributed by atoms with E-state index in [9.17, 15) is 0 Å². The van der Waals surface area contributed by atoms with E-state index in [-0.39, 0.29) is 0 Å². The molecule has 1 rings (SSSR count). The van der Waals surface area contributed by atoms with E-state index in [1.165, 1.54) is 0 Å². The molecule has 1 aliphatic heterocycles. The van der Waals surface area contributed by atoms with Crippen LogP contribution in [0.5, 0.6) is 0 Å². The first-order chi connectivity index (χ1) is 3.30. The van der Waals surface area contributed by atoms with Gasteiger partial charge in [0.1, 0.15) is 0 Å². The van der Waals surface area contributed by atoms with Crippen LogP contribution < -0.4 is 0 Å². The van der Waals surface area contributed by atoms with Gasteiger partial charge in [-0.15, -0.1) is 0 Å². The molecule has 3 heteroatoms. The Morgan fingerprint density at radius 2 is 2.57 bits per heavy atom. The first-order valence-electron chi connectivity index (χ1n) is 2.18. The van der Waals surface area contributed by atoms with Gasteiger partial charge in [-0.2, -0.15) is 0 Å². The van der Waals surface area contributed by atoms with E-state index in [4.69, 9.17) is 4.74 Å². The molecule has 0 saturated carbocycles. The van der Waals surface area contributed by atoms with Gasteiger partial charge < -0.3 is 0 Å². The minimum absolute atomic E-state index is 0.832. The van der Waals surface area contributed by atoms with E-state index in [0.29, 0.717) is 0 Å². The quantitative estimate of drug-likeness (QED) is 0.435. The fourth-order valence-corrected chi connectivity index (χ4v) is 0.838. The van der Waals surface area contributed by atoms with E-state index in [1.807, 2.05) is 11.9 Å². The monoisotopic (exact) mass is 165 g/mol. The first kappa shape index (κ1) is 5.13. The van der Waals surface area contributed by atoms with Crippen LogP contribution in [0, 0.1) is 0 Å². The Balaban J connectivity index is 2.48. The second kappa shape index (κ2) is 1.85. The van der Waals surface area contributed by atoms with Crippen LogP contribution >= 0.6 is 0 Å². The van der Waals surface area contributed by atoms with Gasteiger partial charge in [0.25, 0.3) is 0 Å². The zero-order chi connectivity index (χ0) is 5.28. The number of rotatable bonds is 0. The van der Waals surface area contributed by atoms with E-state index in [1.54, 1.807) is 0 Å². The Morgan fingerprint density at radius 1 is 1.86 bits per heavy atom. The maximum absolute atomic E-state index is 5.05. The van der Waals surface area contributed by atoms with Gasteiger partial charge >= 0.3 is 50.1 Å². The third kappa shape index (κ3) is 0.955. The average Bonchev–Trinajstić information content (AvgIpc) is 1.91. The molecule has 0 aromatic heterocycles. The summed E-state index contributed by atoms with van der Waals surface area (Å²) in [7, 11) is 2.00. The molecule has 40 valence electrons. The van der Waals surface area contributed by atoms with Crippen LogP contribution in [0.1, 0.15) is 0 Å². The summed E-state index contributed by atoms with van der Waals surface area (Å²) in [6.07, 6.45) is 0. The Morgan fingerprint density at radius 3 is 2.71 bits per heavy atom. The number of likely N-dealkylation sites (N-methyl/N-ethyl adjacent to an activating group) is 1. The summed E-state index contributed by atoms with van der Waals surface area (Å²) in [5.41, 5.74) is 0. The number of ether oxygens (including phenoxy) is 1. The normalized spacial score (nSPS) is 20.1. The summed E-state index contributed by atoms with van der Waals surface area (Å²) in [4.78, 5) is 2.04. The summed E-state index contributed by atoms with van der Waals surface area (Å²) >= 11 is 2.81. The summed E-state index contributed by atoms with van der Waals surface area (Å²) in [6, 6.07) is 0. The molecule has 0 N–H and O–H groups in total. The molecule has 1 saturated heterocycles. The number of hydrogen-bond donors (Lipinski definition) is 0. The van der Waals surface area contributed by atoms with Crippen molar-refractivity contribution >= 4 is 20.3 Å². The van der Waals surface area contributed by atoms with Crippen LogP contribution in [-0.2, 0) is 4.74 Å². The molecule has 0 atom stereocenters. The molecule has 1 aliphatic rings. The van der Waals surface area contributed by atoms with Crippen molar-refractivity contribution in [2.24, 2.45) is 0 Å². The molecular weight excluding hydrogens is 157 g/mol. The van der Waals surface area contributed by atoms with Gasteiger partial charge in [-0.1, -0.05) is 0 Å². The summed E-state index contributed by atoms with van der Waals surface area (Å²) in [5.74, 6) is 0. The molecular formula is C4H7NOSe. The maximum atomic E-state index is 5.05. The summed E-state index contributed by atoms with van der Waals surface area (Å²) in [5, 5.41) is 0. The van der Waals surface area contributed by atoms with Crippen LogP contribution in [0.2, 0.25) is 0 Å². The van der Waals surface area contributed by atoms with Crippen LogP contribution in [0.4, 0.5) is 0 Å². The number of hydrogen-bond acceptors (Lipinski definition) is 2. The fourth-order valence-electron chi connectivity index (χ4n) is 0.471. The van der Waals surface area contributed by atoms with Crippen molar-refractivity contribution in [1.29, 1.82) is 0 Å². The predicted molar refractivity (Wildman–Crippen MR) is 29.3 cm³/mol. The third-order valence-electron chi connectivity index (χ3n) is 0.964. The van der Waals surface area contributed by atoms with Crippen LogP contribution in [0.25, 0.3) is 0 Å². The average molecular weight is 164 g/mol. The second-order valence-electron chi connectivity index (χ2n) is 1.54. The molecule has 2 nitrogen and oxygen atoms in total. The van der Waals surface area contributed by atoms with E-state index < -0.39 is 0 Å². The van der Waals surface area contributed by atoms with Gasteiger partial charge in [-0.25, -0.2) is 0 Å².